The van der Waals surface area contributed by atoms with Gasteiger partial charge in [-0.2, -0.15) is 0 Å². The molecule has 2 aromatic carbocycles. The van der Waals surface area contributed by atoms with Gasteiger partial charge in [-0.25, -0.2) is 0 Å². The summed E-state index contributed by atoms with van der Waals surface area (Å²) < 4.78 is 0. The van der Waals surface area contributed by atoms with Gasteiger partial charge in [0.2, 0.25) is 0 Å². The van der Waals surface area contributed by atoms with Gasteiger partial charge < -0.3 is 9.80 Å². The fourth-order valence-electron chi connectivity index (χ4n) is 4.19. The molecule has 0 bridgehead atoms. The highest BCUT2D eigenvalue weighted by Gasteiger charge is 2.27. The topological polar surface area (TPSA) is 6.48 Å². The first kappa shape index (κ1) is 19.0. The summed E-state index contributed by atoms with van der Waals surface area (Å²) in [4.78, 5) is 4.97. The van der Waals surface area contributed by atoms with E-state index in [1.54, 1.807) is 0 Å². The first-order valence-electron chi connectivity index (χ1n) is 10.2. The minimum Gasteiger partial charge on any atom is -0.368 e. The van der Waals surface area contributed by atoms with Crippen molar-refractivity contribution >= 4 is 5.69 Å². The quantitative estimate of drug-likeness (QED) is 0.585. The number of para-hydroxylation sites is 1. The Morgan fingerprint density at radius 1 is 0.885 bits per heavy atom. The normalized spacial score (nSPS) is 15.2. The molecule has 2 heteroatoms. The van der Waals surface area contributed by atoms with E-state index in [1.165, 1.54) is 55.5 Å². The fraction of sp³-hybridized carbons (Fsp3) is 0.500. The predicted octanol–water partition coefficient (Wildman–Crippen LogP) is 5.03. The molecule has 1 aliphatic rings. The number of hydrogen-bond donors (Lipinski definition) is 0. The molecule has 0 aromatic heterocycles. The summed E-state index contributed by atoms with van der Waals surface area (Å²) >= 11 is 0. The van der Waals surface area contributed by atoms with Crippen LogP contribution in [-0.4, -0.2) is 38.1 Å². The zero-order valence-electron chi connectivity index (χ0n) is 16.7. The number of fused-ring (bicyclic) bond motifs is 1. The van der Waals surface area contributed by atoms with E-state index in [0.29, 0.717) is 6.04 Å². The molecule has 0 amide bonds. The number of anilines is 1. The van der Waals surface area contributed by atoms with Crippen molar-refractivity contribution in [1.82, 2.24) is 4.90 Å². The maximum absolute atomic E-state index is 2.68. The van der Waals surface area contributed by atoms with Gasteiger partial charge in [0, 0.05) is 18.3 Å². The average molecular weight is 351 g/mol. The average Bonchev–Trinajstić information content (AvgIpc) is 3.07. The van der Waals surface area contributed by atoms with Gasteiger partial charge in [-0.1, -0.05) is 55.8 Å². The summed E-state index contributed by atoms with van der Waals surface area (Å²) in [6, 6.07) is 20.6. The van der Waals surface area contributed by atoms with Crippen LogP contribution < -0.4 is 4.90 Å². The highest BCUT2D eigenvalue weighted by Crippen LogP contribution is 2.30. The number of nitrogens with zero attached hydrogens (tertiary/aromatic N) is 2. The molecule has 26 heavy (non-hydrogen) atoms. The minimum atomic E-state index is 0.596. The Balaban J connectivity index is 1.64. The lowest BCUT2D eigenvalue weighted by molar-refractivity contribution is 0.377. The first-order valence-corrected chi connectivity index (χ1v) is 10.2. The van der Waals surface area contributed by atoms with Crippen molar-refractivity contribution in [2.45, 2.75) is 45.1 Å². The summed E-state index contributed by atoms with van der Waals surface area (Å²) in [5.41, 5.74) is 4.46. The van der Waals surface area contributed by atoms with Gasteiger partial charge in [0.15, 0.2) is 0 Å². The van der Waals surface area contributed by atoms with E-state index >= 15 is 0 Å². The molecule has 0 unspecified atom stereocenters. The predicted molar refractivity (Wildman–Crippen MR) is 113 cm³/mol. The van der Waals surface area contributed by atoms with Crippen LogP contribution in [0.2, 0.25) is 0 Å². The van der Waals surface area contributed by atoms with E-state index in [0.717, 1.165) is 12.5 Å². The maximum Gasteiger partial charge on any atom is 0.0370 e. The third-order valence-corrected chi connectivity index (χ3v) is 5.62. The molecule has 0 spiro atoms. The molecule has 1 aliphatic carbocycles. The van der Waals surface area contributed by atoms with Crippen LogP contribution in [0.4, 0.5) is 5.69 Å². The van der Waals surface area contributed by atoms with Crippen LogP contribution in [-0.2, 0) is 12.8 Å². The van der Waals surface area contributed by atoms with Crippen LogP contribution >= 0.6 is 0 Å². The Bertz CT molecular complexity index is 640. The fourth-order valence-corrected chi connectivity index (χ4v) is 4.19. The maximum atomic E-state index is 2.68. The Morgan fingerprint density at radius 2 is 1.50 bits per heavy atom. The first-order chi connectivity index (χ1) is 12.6. The molecule has 2 nitrogen and oxygen atoms in total. The molecule has 0 saturated heterocycles. The molecule has 3 rings (SSSR count). The second kappa shape index (κ2) is 9.23. The van der Waals surface area contributed by atoms with Gasteiger partial charge in [0.1, 0.15) is 0 Å². The molecule has 0 radical (unpaired) electrons. The van der Waals surface area contributed by atoms with E-state index in [2.05, 4.69) is 85.4 Å². The zero-order chi connectivity index (χ0) is 18.4. The van der Waals surface area contributed by atoms with Gasteiger partial charge in [0.05, 0.1) is 0 Å². The van der Waals surface area contributed by atoms with Crippen molar-refractivity contribution in [3.8, 4) is 0 Å². The second-order valence-electron chi connectivity index (χ2n) is 8.22. The third-order valence-electron chi connectivity index (χ3n) is 5.62. The smallest absolute Gasteiger partial charge is 0.0370 e. The molecule has 0 N–H and O–H groups in total. The number of hydrogen-bond acceptors (Lipinski definition) is 2. The molecular formula is C24H34N2. The van der Waals surface area contributed by atoms with Crippen molar-refractivity contribution in [2.75, 3.05) is 32.1 Å². The summed E-state index contributed by atoms with van der Waals surface area (Å²) in [5.74, 6) is 0.723. The summed E-state index contributed by atoms with van der Waals surface area (Å²) in [7, 11) is 4.33. The van der Waals surface area contributed by atoms with Gasteiger partial charge in [-0.3, -0.25) is 0 Å². The molecule has 0 saturated carbocycles. The SMILES string of the molecule is C[C@H](CCCCN(C)C)CN(c1ccccc1)C1Cc2ccccc2C1. The standard InChI is InChI=1S/C24H34N2/c1-20(11-9-10-16-25(2)3)19-26(23-14-5-4-6-15-23)24-17-21-12-7-8-13-22(21)18-24/h4-8,12-15,20,24H,9-11,16-19H2,1-3H3/t20-/m1/s1. The van der Waals surface area contributed by atoms with Crippen LogP contribution in [0.1, 0.15) is 37.3 Å². The summed E-state index contributed by atoms with van der Waals surface area (Å²) in [6.07, 6.45) is 6.30. The monoisotopic (exact) mass is 350 g/mol. The largest absolute Gasteiger partial charge is 0.368 e. The Labute approximate surface area is 159 Å². The van der Waals surface area contributed by atoms with Crippen LogP contribution in [0, 0.1) is 5.92 Å². The molecule has 0 fully saturated rings. The van der Waals surface area contributed by atoms with Crippen LogP contribution in [0.5, 0.6) is 0 Å². The number of benzene rings is 2. The van der Waals surface area contributed by atoms with Crippen LogP contribution in [0.25, 0.3) is 0 Å². The Kier molecular flexibility index (Phi) is 6.73. The number of rotatable bonds is 9. The van der Waals surface area contributed by atoms with Gasteiger partial charge in [0.25, 0.3) is 0 Å². The lowest BCUT2D eigenvalue weighted by Gasteiger charge is -2.34. The van der Waals surface area contributed by atoms with Crippen molar-refractivity contribution in [1.29, 1.82) is 0 Å². The highest BCUT2D eigenvalue weighted by atomic mass is 15.2. The zero-order valence-corrected chi connectivity index (χ0v) is 16.7. The van der Waals surface area contributed by atoms with Gasteiger partial charge in [-0.15, -0.1) is 0 Å². The van der Waals surface area contributed by atoms with Gasteiger partial charge >= 0.3 is 0 Å². The lowest BCUT2D eigenvalue weighted by atomic mass is 10.0. The summed E-state index contributed by atoms with van der Waals surface area (Å²) in [6.45, 7) is 4.78. The van der Waals surface area contributed by atoms with Crippen LogP contribution in [0.15, 0.2) is 54.6 Å². The van der Waals surface area contributed by atoms with Crippen LogP contribution in [0.3, 0.4) is 0 Å². The summed E-state index contributed by atoms with van der Waals surface area (Å²) in [5, 5.41) is 0. The van der Waals surface area contributed by atoms with Crippen molar-refractivity contribution in [3.05, 3.63) is 65.7 Å². The third kappa shape index (κ3) is 5.11. The van der Waals surface area contributed by atoms with E-state index in [9.17, 15) is 0 Å². The molecule has 0 heterocycles. The van der Waals surface area contributed by atoms with E-state index in [-0.39, 0.29) is 0 Å². The van der Waals surface area contributed by atoms with Crippen molar-refractivity contribution in [2.24, 2.45) is 5.92 Å². The van der Waals surface area contributed by atoms with Crippen molar-refractivity contribution < 1.29 is 0 Å². The Morgan fingerprint density at radius 3 is 2.12 bits per heavy atom. The highest BCUT2D eigenvalue weighted by molar-refractivity contribution is 5.49. The molecular weight excluding hydrogens is 316 g/mol. The molecule has 1 atom stereocenters. The van der Waals surface area contributed by atoms with E-state index in [4.69, 9.17) is 0 Å². The van der Waals surface area contributed by atoms with E-state index < -0.39 is 0 Å². The molecule has 140 valence electrons. The van der Waals surface area contributed by atoms with Gasteiger partial charge in [-0.05, 0) is 75.5 Å². The Hall–Kier alpha value is -1.80. The van der Waals surface area contributed by atoms with E-state index in [1.807, 2.05) is 0 Å². The second-order valence-corrected chi connectivity index (χ2v) is 8.22. The number of unbranched alkanes of at least 4 members (excludes halogenated alkanes) is 1. The lowest BCUT2D eigenvalue weighted by Crippen LogP contribution is -2.39. The molecule has 2 aromatic rings. The minimum absolute atomic E-state index is 0.596. The molecule has 0 aliphatic heterocycles. The van der Waals surface area contributed by atoms with Crippen molar-refractivity contribution in [3.63, 3.8) is 0 Å².